The number of nitrogens with one attached hydrogen (secondary N) is 1. The number of thiocarbonyl (C=S) groups is 1. The Morgan fingerprint density at radius 2 is 2.10 bits per heavy atom. The number of piperidine rings is 1. The van der Waals surface area contributed by atoms with Crippen molar-refractivity contribution in [1.82, 2.24) is 4.90 Å². The Balaban J connectivity index is 1.76. The fraction of sp³-hybridized carbons (Fsp3) is 0.467. The largest absolute Gasteiger partial charge is 0.357 e. The van der Waals surface area contributed by atoms with Crippen LogP contribution in [-0.4, -0.2) is 34.0 Å². The van der Waals surface area contributed by atoms with E-state index in [1.165, 1.54) is 17.8 Å². The van der Waals surface area contributed by atoms with Crippen molar-refractivity contribution in [3.8, 4) is 0 Å². The van der Waals surface area contributed by atoms with E-state index in [-0.39, 0.29) is 17.3 Å². The van der Waals surface area contributed by atoms with Gasteiger partial charge in [0.2, 0.25) is 5.91 Å². The van der Waals surface area contributed by atoms with E-state index in [4.69, 9.17) is 12.2 Å². The van der Waals surface area contributed by atoms with Crippen LogP contribution < -0.4 is 5.32 Å². The summed E-state index contributed by atoms with van der Waals surface area (Å²) in [5.74, 6) is 0.291. The standard InChI is InChI=1S/C15H19FN2OS2/c1-11-6-8-18(9-7-11)15(20)21-10-14(19)17-13-5-3-2-4-12(13)16/h2-5,11H,6-10H2,1H3,(H,17,19). The van der Waals surface area contributed by atoms with Crippen molar-refractivity contribution in [2.24, 2.45) is 5.92 Å². The van der Waals surface area contributed by atoms with Gasteiger partial charge in [-0.25, -0.2) is 4.39 Å². The number of rotatable bonds is 3. The SMILES string of the molecule is CC1CCN(C(=S)SCC(=O)Nc2ccccc2F)CC1. The topological polar surface area (TPSA) is 32.3 Å². The molecule has 21 heavy (non-hydrogen) atoms. The van der Waals surface area contributed by atoms with Gasteiger partial charge in [0.05, 0.1) is 11.4 Å². The molecule has 0 bridgehead atoms. The van der Waals surface area contributed by atoms with Gasteiger partial charge in [-0.2, -0.15) is 0 Å². The zero-order valence-corrected chi connectivity index (χ0v) is 13.6. The number of hydrogen-bond donors (Lipinski definition) is 1. The summed E-state index contributed by atoms with van der Waals surface area (Å²) in [6.45, 7) is 4.17. The van der Waals surface area contributed by atoms with Crippen LogP contribution in [0.25, 0.3) is 0 Å². The van der Waals surface area contributed by atoms with E-state index in [0.29, 0.717) is 0 Å². The number of anilines is 1. The molecule has 6 heteroatoms. The van der Waals surface area contributed by atoms with Gasteiger partial charge >= 0.3 is 0 Å². The van der Waals surface area contributed by atoms with Gasteiger partial charge in [0.15, 0.2) is 0 Å². The zero-order chi connectivity index (χ0) is 15.2. The van der Waals surface area contributed by atoms with Crippen molar-refractivity contribution in [3.05, 3.63) is 30.1 Å². The molecule has 114 valence electrons. The van der Waals surface area contributed by atoms with Crippen LogP contribution in [0.1, 0.15) is 19.8 Å². The molecule has 1 aliphatic heterocycles. The normalized spacial score (nSPS) is 15.8. The number of halogens is 1. The van der Waals surface area contributed by atoms with Crippen LogP contribution in [0.3, 0.4) is 0 Å². The predicted molar refractivity (Wildman–Crippen MR) is 90.1 cm³/mol. The molecule has 3 nitrogen and oxygen atoms in total. The van der Waals surface area contributed by atoms with Crippen LogP contribution >= 0.6 is 24.0 Å². The molecule has 2 rings (SSSR count). The first-order valence-electron chi connectivity index (χ1n) is 7.02. The Hall–Kier alpha value is -1.14. The van der Waals surface area contributed by atoms with Crippen LogP contribution in [0.5, 0.6) is 0 Å². The van der Waals surface area contributed by atoms with Gasteiger partial charge in [0, 0.05) is 13.1 Å². The van der Waals surface area contributed by atoms with Crippen LogP contribution in [0, 0.1) is 11.7 Å². The van der Waals surface area contributed by atoms with Gasteiger partial charge < -0.3 is 10.2 Å². The average Bonchev–Trinajstić information content (AvgIpc) is 2.48. The molecule has 1 heterocycles. The lowest BCUT2D eigenvalue weighted by Gasteiger charge is -2.31. The molecule has 0 aromatic heterocycles. The van der Waals surface area contributed by atoms with E-state index in [9.17, 15) is 9.18 Å². The number of likely N-dealkylation sites (tertiary alicyclic amines) is 1. The van der Waals surface area contributed by atoms with Gasteiger partial charge in [-0.1, -0.05) is 43.0 Å². The van der Waals surface area contributed by atoms with Gasteiger partial charge in [-0.15, -0.1) is 0 Å². The van der Waals surface area contributed by atoms with Crippen molar-refractivity contribution < 1.29 is 9.18 Å². The fourth-order valence-electron chi connectivity index (χ4n) is 2.16. The summed E-state index contributed by atoms with van der Waals surface area (Å²) in [4.78, 5) is 14.0. The van der Waals surface area contributed by atoms with Gasteiger partial charge in [-0.05, 0) is 30.9 Å². The maximum absolute atomic E-state index is 13.4. The zero-order valence-electron chi connectivity index (χ0n) is 12.0. The number of carbonyl (C=O) groups is 1. The van der Waals surface area contributed by atoms with Crippen molar-refractivity contribution >= 4 is 39.9 Å². The first-order valence-corrected chi connectivity index (χ1v) is 8.41. The maximum Gasteiger partial charge on any atom is 0.234 e. The molecule has 1 aliphatic rings. The number of amides is 1. The molecule has 1 aromatic rings. The monoisotopic (exact) mass is 326 g/mol. The molecular weight excluding hydrogens is 307 g/mol. The Labute approximate surface area is 134 Å². The number of hydrogen-bond acceptors (Lipinski definition) is 3. The summed E-state index contributed by atoms with van der Waals surface area (Å²) in [6.07, 6.45) is 2.28. The molecular formula is C15H19FN2OS2. The smallest absolute Gasteiger partial charge is 0.234 e. The second-order valence-corrected chi connectivity index (χ2v) is 6.86. The van der Waals surface area contributed by atoms with E-state index < -0.39 is 5.82 Å². The Bertz CT molecular complexity index is 516. The second-order valence-electron chi connectivity index (χ2n) is 5.25. The van der Waals surface area contributed by atoms with E-state index in [1.807, 2.05) is 0 Å². The molecule has 0 spiro atoms. The van der Waals surface area contributed by atoms with Gasteiger partial charge in [0.1, 0.15) is 10.1 Å². The summed E-state index contributed by atoms with van der Waals surface area (Å²) in [5.41, 5.74) is 0.209. The second kappa shape index (κ2) is 7.75. The lowest BCUT2D eigenvalue weighted by molar-refractivity contribution is -0.113. The van der Waals surface area contributed by atoms with E-state index in [2.05, 4.69) is 17.1 Å². The molecule has 1 amide bonds. The molecule has 0 radical (unpaired) electrons. The van der Waals surface area contributed by atoms with Crippen LogP contribution in [0.15, 0.2) is 24.3 Å². The van der Waals surface area contributed by atoms with Crippen molar-refractivity contribution in [3.63, 3.8) is 0 Å². The minimum absolute atomic E-state index is 0.208. The molecule has 1 saturated heterocycles. The molecule has 1 fully saturated rings. The van der Waals surface area contributed by atoms with Crippen molar-refractivity contribution in [2.45, 2.75) is 19.8 Å². The van der Waals surface area contributed by atoms with Crippen LogP contribution in [0.4, 0.5) is 10.1 Å². The summed E-state index contributed by atoms with van der Waals surface area (Å²) in [6, 6.07) is 6.14. The highest BCUT2D eigenvalue weighted by atomic mass is 32.2. The third-order valence-corrected chi connectivity index (χ3v) is 5.04. The Morgan fingerprint density at radius 3 is 2.76 bits per heavy atom. The van der Waals surface area contributed by atoms with E-state index >= 15 is 0 Å². The molecule has 0 aliphatic carbocycles. The van der Waals surface area contributed by atoms with Crippen LogP contribution in [0.2, 0.25) is 0 Å². The lowest BCUT2D eigenvalue weighted by atomic mass is 10.00. The number of para-hydroxylation sites is 1. The highest BCUT2D eigenvalue weighted by Gasteiger charge is 2.18. The summed E-state index contributed by atoms with van der Waals surface area (Å²) < 4.78 is 14.2. The third kappa shape index (κ3) is 4.97. The number of benzene rings is 1. The highest BCUT2D eigenvalue weighted by molar-refractivity contribution is 8.23. The first-order chi connectivity index (χ1) is 10.1. The van der Waals surface area contributed by atoms with Crippen LogP contribution in [-0.2, 0) is 4.79 Å². The Kier molecular flexibility index (Phi) is 5.99. The summed E-state index contributed by atoms with van der Waals surface area (Å²) in [5, 5.41) is 2.56. The third-order valence-electron chi connectivity index (χ3n) is 3.52. The Morgan fingerprint density at radius 1 is 1.43 bits per heavy atom. The summed E-state index contributed by atoms with van der Waals surface area (Å²) >= 11 is 6.70. The minimum atomic E-state index is -0.427. The van der Waals surface area contributed by atoms with Crippen molar-refractivity contribution in [2.75, 3.05) is 24.2 Å². The number of nitrogens with zero attached hydrogens (tertiary/aromatic N) is 1. The van der Waals surface area contributed by atoms with Crippen molar-refractivity contribution in [1.29, 1.82) is 0 Å². The highest BCUT2D eigenvalue weighted by Crippen LogP contribution is 2.20. The molecule has 1 N–H and O–H groups in total. The van der Waals surface area contributed by atoms with E-state index in [1.54, 1.807) is 18.2 Å². The fourth-order valence-corrected chi connectivity index (χ4v) is 3.21. The van der Waals surface area contributed by atoms with Gasteiger partial charge in [-0.3, -0.25) is 4.79 Å². The lowest BCUT2D eigenvalue weighted by Crippen LogP contribution is -2.36. The van der Waals surface area contributed by atoms with E-state index in [0.717, 1.165) is 36.2 Å². The molecule has 1 aromatic carbocycles. The first kappa shape index (κ1) is 16.2. The molecule has 0 atom stereocenters. The maximum atomic E-state index is 13.4. The molecule has 0 unspecified atom stereocenters. The number of carbonyl (C=O) groups excluding carboxylic acids is 1. The van der Waals surface area contributed by atoms with Gasteiger partial charge in [0.25, 0.3) is 0 Å². The summed E-state index contributed by atoms with van der Waals surface area (Å²) in [7, 11) is 0. The number of thioether (sulfide) groups is 1. The predicted octanol–water partition coefficient (Wildman–Crippen LogP) is 3.51. The average molecular weight is 326 g/mol. The quantitative estimate of drug-likeness (QED) is 0.862. The minimum Gasteiger partial charge on any atom is -0.357 e. The molecule has 0 saturated carbocycles.